The maximum absolute atomic E-state index is 12.9. The highest BCUT2D eigenvalue weighted by Crippen LogP contribution is 2.20. The van der Waals surface area contributed by atoms with Crippen LogP contribution >= 0.6 is 0 Å². The van der Waals surface area contributed by atoms with Crippen LogP contribution in [0.5, 0.6) is 0 Å². The van der Waals surface area contributed by atoms with E-state index in [1.54, 1.807) is 18.3 Å². The van der Waals surface area contributed by atoms with E-state index in [2.05, 4.69) is 58.7 Å². The molecule has 0 aliphatic rings. The lowest BCUT2D eigenvalue weighted by molar-refractivity contribution is 0.627. The fourth-order valence-electron chi connectivity index (χ4n) is 2.58. The van der Waals surface area contributed by atoms with E-state index in [0.717, 1.165) is 23.5 Å². The van der Waals surface area contributed by atoms with Crippen LogP contribution in [0.4, 0.5) is 21.8 Å². The number of hydrogen-bond acceptors (Lipinski definition) is 4. The lowest BCUT2D eigenvalue weighted by Crippen LogP contribution is -2.08. The van der Waals surface area contributed by atoms with E-state index in [1.165, 1.54) is 17.7 Å². The molecule has 0 aliphatic heterocycles. The molecule has 26 heavy (non-hydrogen) atoms. The summed E-state index contributed by atoms with van der Waals surface area (Å²) < 4.78 is 12.9. The van der Waals surface area contributed by atoms with Gasteiger partial charge in [0.25, 0.3) is 0 Å². The SMILES string of the molecule is CC(C)c1ccc(Nc2ccnc(NCCc3ccc(F)cc3)n2)cc1. The van der Waals surface area contributed by atoms with Crippen molar-refractivity contribution in [1.82, 2.24) is 9.97 Å². The standard InChI is InChI=1S/C21H23FN4/c1-15(2)17-5-9-19(10-6-17)25-20-12-14-24-21(26-20)23-13-11-16-3-7-18(22)8-4-16/h3-10,12,14-15H,11,13H2,1-2H3,(H2,23,24,25,26). The van der Waals surface area contributed by atoms with Gasteiger partial charge in [-0.25, -0.2) is 9.37 Å². The number of nitrogens with one attached hydrogen (secondary N) is 2. The van der Waals surface area contributed by atoms with Gasteiger partial charge in [-0.1, -0.05) is 38.1 Å². The van der Waals surface area contributed by atoms with Crippen molar-refractivity contribution in [2.75, 3.05) is 17.2 Å². The number of rotatable bonds is 7. The Labute approximate surface area is 153 Å². The molecule has 0 saturated carbocycles. The van der Waals surface area contributed by atoms with Gasteiger partial charge in [-0.15, -0.1) is 0 Å². The van der Waals surface area contributed by atoms with Gasteiger partial charge in [0.15, 0.2) is 0 Å². The van der Waals surface area contributed by atoms with Crippen LogP contribution in [0.1, 0.15) is 30.9 Å². The third-order valence-corrected chi connectivity index (χ3v) is 4.12. The minimum atomic E-state index is -0.217. The van der Waals surface area contributed by atoms with Gasteiger partial charge in [-0.2, -0.15) is 4.98 Å². The van der Waals surface area contributed by atoms with Crippen LogP contribution in [-0.4, -0.2) is 16.5 Å². The molecule has 3 rings (SSSR count). The lowest BCUT2D eigenvalue weighted by atomic mass is 10.0. The van der Waals surface area contributed by atoms with Crippen LogP contribution in [0.25, 0.3) is 0 Å². The average molecular weight is 350 g/mol. The van der Waals surface area contributed by atoms with Crippen LogP contribution < -0.4 is 10.6 Å². The highest BCUT2D eigenvalue weighted by molar-refractivity contribution is 5.57. The van der Waals surface area contributed by atoms with E-state index in [-0.39, 0.29) is 5.82 Å². The Morgan fingerprint density at radius 3 is 2.38 bits per heavy atom. The van der Waals surface area contributed by atoms with Gasteiger partial charge >= 0.3 is 0 Å². The first kappa shape index (κ1) is 17.9. The molecule has 4 nitrogen and oxygen atoms in total. The molecule has 0 unspecified atom stereocenters. The average Bonchev–Trinajstić information content (AvgIpc) is 2.64. The molecule has 1 aromatic heterocycles. The molecule has 2 N–H and O–H groups in total. The summed E-state index contributed by atoms with van der Waals surface area (Å²) in [5.74, 6) is 1.60. The molecular formula is C21H23FN4. The Bertz CT molecular complexity index is 829. The Hall–Kier alpha value is -2.95. The summed E-state index contributed by atoms with van der Waals surface area (Å²) in [6.07, 6.45) is 2.50. The summed E-state index contributed by atoms with van der Waals surface area (Å²) in [4.78, 5) is 8.72. The highest BCUT2D eigenvalue weighted by atomic mass is 19.1. The molecule has 0 aliphatic carbocycles. The molecule has 0 amide bonds. The zero-order chi connectivity index (χ0) is 18.4. The van der Waals surface area contributed by atoms with Crippen LogP contribution in [0.2, 0.25) is 0 Å². The van der Waals surface area contributed by atoms with Gasteiger partial charge in [0.1, 0.15) is 11.6 Å². The van der Waals surface area contributed by atoms with Crippen molar-refractivity contribution in [1.29, 1.82) is 0 Å². The number of aromatic nitrogens is 2. The second-order valence-electron chi connectivity index (χ2n) is 6.47. The first-order valence-electron chi connectivity index (χ1n) is 8.78. The van der Waals surface area contributed by atoms with Crippen molar-refractivity contribution >= 4 is 17.5 Å². The fraction of sp³-hybridized carbons (Fsp3) is 0.238. The number of nitrogens with zero attached hydrogens (tertiary/aromatic N) is 2. The normalized spacial score (nSPS) is 10.8. The first-order chi connectivity index (χ1) is 12.6. The summed E-state index contributed by atoms with van der Waals surface area (Å²) in [5.41, 5.74) is 3.37. The summed E-state index contributed by atoms with van der Waals surface area (Å²) in [5, 5.41) is 6.49. The highest BCUT2D eigenvalue weighted by Gasteiger charge is 2.02. The zero-order valence-corrected chi connectivity index (χ0v) is 15.0. The molecule has 1 heterocycles. The molecule has 2 aromatic carbocycles. The maximum atomic E-state index is 12.9. The largest absolute Gasteiger partial charge is 0.354 e. The second-order valence-corrected chi connectivity index (χ2v) is 6.47. The molecule has 0 saturated heterocycles. The minimum Gasteiger partial charge on any atom is -0.354 e. The van der Waals surface area contributed by atoms with E-state index in [9.17, 15) is 4.39 Å². The molecule has 3 aromatic rings. The van der Waals surface area contributed by atoms with Crippen molar-refractivity contribution in [2.45, 2.75) is 26.2 Å². The van der Waals surface area contributed by atoms with Crippen LogP contribution in [0.15, 0.2) is 60.8 Å². The van der Waals surface area contributed by atoms with Crippen molar-refractivity contribution < 1.29 is 4.39 Å². The van der Waals surface area contributed by atoms with Gasteiger partial charge in [-0.3, -0.25) is 0 Å². The van der Waals surface area contributed by atoms with Crippen molar-refractivity contribution in [2.24, 2.45) is 0 Å². The lowest BCUT2D eigenvalue weighted by Gasteiger charge is -2.10. The van der Waals surface area contributed by atoms with Gasteiger partial charge in [0.2, 0.25) is 5.95 Å². The summed E-state index contributed by atoms with van der Waals surface area (Å²) in [6.45, 7) is 5.03. The molecule has 134 valence electrons. The van der Waals surface area contributed by atoms with Crippen LogP contribution in [0.3, 0.4) is 0 Å². The van der Waals surface area contributed by atoms with E-state index in [1.807, 2.05) is 6.07 Å². The third-order valence-electron chi connectivity index (χ3n) is 4.12. The molecule has 0 fully saturated rings. The van der Waals surface area contributed by atoms with E-state index in [4.69, 9.17) is 0 Å². The molecule has 0 bridgehead atoms. The Morgan fingerprint density at radius 2 is 1.69 bits per heavy atom. The molecule has 5 heteroatoms. The van der Waals surface area contributed by atoms with Gasteiger partial charge in [-0.05, 0) is 53.8 Å². The predicted molar refractivity (Wildman–Crippen MR) is 104 cm³/mol. The molecule has 0 spiro atoms. The van der Waals surface area contributed by atoms with Crippen molar-refractivity contribution in [3.8, 4) is 0 Å². The summed E-state index contributed by atoms with van der Waals surface area (Å²) >= 11 is 0. The van der Waals surface area contributed by atoms with Crippen LogP contribution in [-0.2, 0) is 6.42 Å². The topological polar surface area (TPSA) is 49.8 Å². The third kappa shape index (κ3) is 5.02. The fourth-order valence-corrected chi connectivity index (χ4v) is 2.58. The smallest absolute Gasteiger partial charge is 0.224 e. The van der Waals surface area contributed by atoms with E-state index >= 15 is 0 Å². The second kappa shape index (κ2) is 8.43. The van der Waals surface area contributed by atoms with E-state index in [0.29, 0.717) is 18.4 Å². The van der Waals surface area contributed by atoms with Gasteiger partial charge < -0.3 is 10.6 Å². The number of halogens is 1. The van der Waals surface area contributed by atoms with Crippen molar-refractivity contribution in [3.05, 3.63) is 77.7 Å². The molecule has 0 atom stereocenters. The summed E-state index contributed by atoms with van der Waals surface area (Å²) in [6, 6.07) is 16.7. The maximum Gasteiger partial charge on any atom is 0.224 e. The van der Waals surface area contributed by atoms with Crippen molar-refractivity contribution in [3.63, 3.8) is 0 Å². The first-order valence-corrected chi connectivity index (χ1v) is 8.78. The Kier molecular flexibility index (Phi) is 5.79. The van der Waals surface area contributed by atoms with E-state index < -0.39 is 0 Å². The quantitative estimate of drug-likeness (QED) is 0.620. The molecular weight excluding hydrogens is 327 g/mol. The Morgan fingerprint density at radius 1 is 0.962 bits per heavy atom. The minimum absolute atomic E-state index is 0.217. The van der Waals surface area contributed by atoms with Crippen LogP contribution in [0, 0.1) is 5.82 Å². The number of benzene rings is 2. The number of hydrogen-bond donors (Lipinski definition) is 2. The number of anilines is 3. The predicted octanol–water partition coefficient (Wildman–Crippen LogP) is 5.14. The van der Waals surface area contributed by atoms with Gasteiger partial charge in [0, 0.05) is 18.4 Å². The monoisotopic (exact) mass is 350 g/mol. The van der Waals surface area contributed by atoms with Gasteiger partial charge in [0.05, 0.1) is 0 Å². The summed E-state index contributed by atoms with van der Waals surface area (Å²) in [7, 11) is 0. The zero-order valence-electron chi connectivity index (χ0n) is 15.0. The molecule has 0 radical (unpaired) electrons. The Balaban J connectivity index is 1.56.